The van der Waals surface area contributed by atoms with Gasteiger partial charge in [0, 0.05) is 6.54 Å². The fourth-order valence-electron chi connectivity index (χ4n) is 2.65. The van der Waals surface area contributed by atoms with Crippen LogP contribution in [0.15, 0.2) is 24.3 Å². The van der Waals surface area contributed by atoms with E-state index in [9.17, 15) is 13.2 Å². The summed E-state index contributed by atoms with van der Waals surface area (Å²) < 4.78 is 24.7. The Kier molecular flexibility index (Phi) is 4.68. The Hall–Kier alpha value is -1.40. The maximum absolute atomic E-state index is 12.3. The molecule has 21 heavy (non-hydrogen) atoms. The second-order valence-electron chi connectivity index (χ2n) is 5.67. The molecule has 0 aliphatic carbocycles. The third kappa shape index (κ3) is 3.83. The van der Waals surface area contributed by atoms with Crippen molar-refractivity contribution in [2.24, 2.45) is 0 Å². The van der Waals surface area contributed by atoms with Gasteiger partial charge in [0.05, 0.1) is 12.3 Å². The normalized spacial score (nSPS) is 21.2. The molecule has 0 saturated carbocycles. The molecule has 1 aromatic rings. The lowest BCUT2D eigenvalue weighted by atomic mass is 10.1. The van der Waals surface area contributed by atoms with E-state index in [0.29, 0.717) is 13.0 Å². The first-order valence-electron chi connectivity index (χ1n) is 7.13. The molecule has 2 rings (SSSR count). The van der Waals surface area contributed by atoms with E-state index in [1.807, 2.05) is 38.1 Å². The fraction of sp³-hybridized carbons (Fsp3) is 0.533. The summed E-state index contributed by atoms with van der Waals surface area (Å²) in [5.41, 5.74) is 2.18. The molecule has 2 atom stereocenters. The van der Waals surface area contributed by atoms with E-state index in [4.69, 9.17) is 0 Å². The van der Waals surface area contributed by atoms with Gasteiger partial charge in [0.1, 0.15) is 6.04 Å². The van der Waals surface area contributed by atoms with E-state index in [2.05, 4.69) is 5.32 Å². The minimum absolute atomic E-state index is 0.139. The number of nitrogens with zero attached hydrogens (tertiary/aromatic N) is 1. The van der Waals surface area contributed by atoms with Crippen molar-refractivity contribution in [1.82, 2.24) is 9.62 Å². The van der Waals surface area contributed by atoms with Gasteiger partial charge >= 0.3 is 0 Å². The van der Waals surface area contributed by atoms with E-state index in [0.717, 1.165) is 23.8 Å². The van der Waals surface area contributed by atoms with Gasteiger partial charge in [-0.1, -0.05) is 29.8 Å². The first kappa shape index (κ1) is 16.0. The summed E-state index contributed by atoms with van der Waals surface area (Å²) in [4.78, 5) is 12.3. The van der Waals surface area contributed by atoms with Crippen LogP contribution in [0.25, 0.3) is 0 Å². The Morgan fingerprint density at radius 1 is 1.33 bits per heavy atom. The molecule has 1 aromatic carbocycles. The van der Waals surface area contributed by atoms with Crippen LogP contribution in [0.4, 0.5) is 0 Å². The summed E-state index contributed by atoms with van der Waals surface area (Å²) in [5, 5.41) is 2.91. The molecule has 0 unspecified atom stereocenters. The molecule has 0 spiro atoms. The quantitative estimate of drug-likeness (QED) is 0.918. The Bertz CT molecular complexity index is 610. The molecule has 116 valence electrons. The molecular weight excluding hydrogens is 288 g/mol. The number of aryl methyl sites for hydroxylation is 1. The van der Waals surface area contributed by atoms with Crippen LogP contribution in [0.5, 0.6) is 0 Å². The Balaban J connectivity index is 2.05. The average molecular weight is 310 g/mol. The zero-order valence-corrected chi connectivity index (χ0v) is 13.5. The number of nitrogens with one attached hydrogen (secondary N) is 1. The van der Waals surface area contributed by atoms with Crippen molar-refractivity contribution in [2.75, 3.05) is 12.8 Å². The van der Waals surface area contributed by atoms with Crippen molar-refractivity contribution in [3.05, 3.63) is 35.4 Å². The molecule has 1 aliphatic rings. The first-order chi connectivity index (χ1) is 9.79. The molecule has 5 nitrogen and oxygen atoms in total. The molecule has 0 radical (unpaired) electrons. The molecule has 1 fully saturated rings. The largest absolute Gasteiger partial charge is 0.348 e. The van der Waals surface area contributed by atoms with Crippen molar-refractivity contribution >= 4 is 15.9 Å². The van der Waals surface area contributed by atoms with Crippen molar-refractivity contribution in [3.8, 4) is 0 Å². The summed E-state index contributed by atoms with van der Waals surface area (Å²) in [6.45, 7) is 4.34. The second kappa shape index (κ2) is 6.15. The number of carbonyl (C=O) groups excluding carboxylic acids is 1. The number of sulfonamides is 1. The zero-order chi connectivity index (χ0) is 15.6. The summed E-state index contributed by atoms with van der Waals surface area (Å²) in [6, 6.07) is 7.23. The summed E-state index contributed by atoms with van der Waals surface area (Å²) in [5.74, 6) is -0.217. The van der Waals surface area contributed by atoms with Gasteiger partial charge in [0.15, 0.2) is 0 Å². The Morgan fingerprint density at radius 3 is 2.52 bits per heavy atom. The van der Waals surface area contributed by atoms with Gasteiger partial charge in [-0.2, -0.15) is 4.31 Å². The van der Waals surface area contributed by atoms with Crippen molar-refractivity contribution in [1.29, 1.82) is 0 Å². The fourth-order valence-corrected chi connectivity index (χ4v) is 3.77. The lowest BCUT2D eigenvalue weighted by Crippen LogP contribution is -2.46. The van der Waals surface area contributed by atoms with Crippen molar-refractivity contribution < 1.29 is 13.2 Å². The second-order valence-corrected chi connectivity index (χ2v) is 7.61. The highest BCUT2D eigenvalue weighted by molar-refractivity contribution is 7.88. The number of carbonyl (C=O) groups is 1. The predicted octanol–water partition coefficient (Wildman–Crippen LogP) is 1.60. The van der Waals surface area contributed by atoms with Crippen LogP contribution >= 0.6 is 0 Å². The van der Waals surface area contributed by atoms with E-state index >= 15 is 0 Å². The molecule has 6 heteroatoms. The van der Waals surface area contributed by atoms with E-state index in [-0.39, 0.29) is 11.9 Å². The average Bonchev–Trinajstić information content (AvgIpc) is 2.88. The first-order valence-corrected chi connectivity index (χ1v) is 8.97. The lowest BCUT2D eigenvalue weighted by molar-refractivity contribution is -0.124. The number of amides is 1. The number of hydrogen-bond acceptors (Lipinski definition) is 3. The standard InChI is InChI=1S/C15H22N2O3S/c1-11-6-8-13(9-7-11)12(2)16-15(18)14-5-4-10-17(14)21(3,19)20/h6-9,12,14H,4-5,10H2,1-3H3,(H,16,18)/t12-,14-/m1/s1. The van der Waals surface area contributed by atoms with Gasteiger partial charge in [0.25, 0.3) is 0 Å². The lowest BCUT2D eigenvalue weighted by Gasteiger charge is -2.23. The minimum atomic E-state index is -3.33. The monoisotopic (exact) mass is 310 g/mol. The van der Waals surface area contributed by atoms with Gasteiger partial charge in [-0.05, 0) is 32.3 Å². The molecule has 0 bridgehead atoms. The number of benzene rings is 1. The highest BCUT2D eigenvalue weighted by atomic mass is 32.2. The minimum Gasteiger partial charge on any atom is -0.348 e. The highest BCUT2D eigenvalue weighted by Gasteiger charge is 2.36. The number of rotatable bonds is 4. The maximum atomic E-state index is 12.3. The Morgan fingerprint density at radius 2 is 1.95 bits per heavy atom. The molecule has 1 saturated heterocycles. The van der Waals surface area contributed by atoms with Crippen LogP contribution in [-0.4, -0.2) is 37.5 Å². The topological polar surface area (TPSA) is 66.5 Å². The van der Waals surface area contributed by atoms with Crippen LogP contribution in [0.3, 0.4) is 0 Å². The highest BCUT2D eigenvalue weighted by Crippen LogP contribution is 2.22. The van der Waals surface area contributed by atoms with Gasteiger partial charge in [0.2, 0.25) is 15.9 Å². The summed E-state index contributed by atoms with van der Waals surface area (Å²) in [6.07, 6.45) is 2.46. The zero-order valence-electron chi connectivity index (χ0n) is 12.7. The Labute approximate surface area is 126 Å². The van der Waals surface area contributed by atoms with Gasteiger partial charge in [-0.3, -0.25) is 4.79 Å². The van der Waals surface area contributed by atoms with E-state index in [1.165, 1.54) is 4.31 Å². The smallest absolute Gasteiger partial charge is 0.238 e. The van der Waals surface area contributed by atoms with Gasteiger partial charge < -0.3 is 5.32 Å². The van der Waals surface area contributed by atoms with Crippen LogP contribution in [0, 0.1) is 6.92 Å². The molecular formula is C15H22N2O3S. The third-order valence-corrected chi connectivity index (χ3v) is 5.16. The van der Waals surface area contributed by atoms with E-state index < -0.39 is 16.1 Å². The van der Waals surface area contributed by atoms with E-state index in [1.54, 1.807) is 0 Å². The van der Waals surface area contributed by atoms with Crippen LogP contribution in [0.2, 0.25) is 0 Å². The van der Waals surface area contributed by atoms with Gasteiger partial charge in [-0.15, -0.1) is 0 Å². The van der Waals surface area contributed by atoms with Crippen LogP contribution in [-0.2, 0) is 14.8 Å². The molecule has 1 heterocycles. The molecule has 1 N–H and O–H groups in total. The molecule has 1 amide bonds. The maximum Gasteiger partial charge on any atom is 0.238 e. The van der Waals surface area contributed by atoms with Crippen molar-refractivity contribution in [2.45, 2.75) is 38.8 Å². The SMILES string of the molecule is Cc1ccc([C@@H](C)NC(=O)[C@H]2CCCN2S(C)(=O)=O)cc1. The predicted molar refractivity (Wildman–Crippen MR) is 82.3 cm³/mol. The summed E-state index contributed by atoms with van der Waals surface area (Å²) in [7, 11) is -3.33. The van der Waals surface area contributed by atoms with Crippen LogP contribution < -0.4 is 5.32 Å². The number of hydrogen-bond donors (Lipinski definition) is 1. The van der Waals surface area contributed by atoms with Crippen LogP contribution in [0.1, 0.15) is 36.9 Å². The van der Waals surface area contributed by atoms with Gasteiger partial charge in [-0.25, -0.2) is 8.42 Å². The molecule has 1 aliphatic heterocycles. The third-order valence-electron chi connectivity index (χ3n) is 3.87. The summed E-state index contributed by atoms with van der Waals surface area (Å²) >= 11 is 0. The molecule has 0 aromatic heterocycles. The van der Waals surface area contributed by atoms with Crippen molar-refractivity contribution in [3.63, 3.8) is 0 Å².